The van der Waals surface area contributed by atoms with Gasteiger partial charge in [-0.3, -0.25) is 9.10 Å². The molecule has 1 amide bonds. The van der Waals surface area contributed by atoms with Crippen molar-refractivity contribution in [2.24, 2.45) is 0 Å². The first-order chi connectivity index (χ1) is 16.8. The van der Waals surface area contributed by atoms with Crippen molar-refractivity contribution < 1.29 is 13.2 Å². The number of anilines is 1. The highest BCUT2D eigenvalue weighted by Gasteiger charge is 2.28. The second kappa shape index (κ2) is 11.1. The van der Waals surface area contributed by atoms with Gasteiger partial charge in [-0.25, -0.2) is 8.42 Å². The standard InChI is InChI=1S/C28H29ClN2O3S/c1-21-11-17-25(18-12-21)35(33,34)31(20-23-13-15-24(29)16-14-23)27-10-6-5-9-26(27)28(32)30-19-22-7-3-2-4-8-22/h5-7,9-18H,2-4,8,19-20H2,1H3,(H,30,32). The zero-order valence-corrected chi connectivity index (χ0v) is 21.3. The quantitative estimate of drug-likeness (QED) is 0.364. The Morgan fingerprint density at radius 1 is 0.971 bits per heavy atom. The van der Waals surface area contributed by atoms with Crippen LogP contribution in [0.1, 0.15) is 47.2 Å². The number of halogens is 1. The first-order valence-electron chi connectivity index (χ1n) is 11.7. The van der Waals surface area contributed by atoms with Crippen molar-refractivity contribution in [3.8, 4) is 0 Å². The van der Waals surface area contributed by atoms with E-state index in [4.69, 9.17) is 11.6 Å². The Morgan fingerprint density at radius 3 is 2.37 bits per heavy atom. The van der Waals surface area contributed by atoms with Crippen LogP contribution in [0.4, 0.5) is 5.69 Å². The summed E-state index contributed by atoms with van der Waals surface area (Å²) >= 11 is 6.04. The second-order valence-corrected chi connectivity index (χ2v) is 11.1. The predicted molar refractivity (Wildman–Crippen MR) is 141 cm³/mol. The monoisotopic (exact) mass is 508 g/mol. The number of sulfonamides is 1. The lowest BCUT2D eigenvalue weighted by molar-refractivity contribution is 0.0957. The van der Waals surface area contributed by atoms with Crippen LogP contribution in [0, 0.1) is 6.92 Å². The summed E-state index contributed by atoms with van der Waals surface area (Å²) in [7, 11) is -3.96. The lowest BCUT2D eigenvalue weighted by Gasteiger charge is -2.27. The zero-order valence-electron chi connectivity index (χ0n) is 19.7. The molecule has 7 heteroatoms. The number of rotatable bonds is 8. The Bertz CT molecular complexity index is 1320. The number of allylic oxidation sites excluding steroid dienone is 1. The van der Waals surface area contributed by atoms with Gasteiger partial charge in [-0.15, -0.1) is 0 Å². The molecule has 1 N–H and O–H groups in total. The lowest BCUT2D eigenvalue weighted by Crippen LogP contribution is -2.34. The van der Waals surface area contributed by atoms with Crippen molar-refractivity contribution in [2.45, 2.75) is 44.0 Å². The van der Waals surface area contributed by atoms with Crippen LogP contribution in [0.15, 0.2) is 89.3 Å². The van der Waals surface area contributed by atoms with Crippen molar-refractivity contribution in [1.29, 1.82) is 0 Å². The molecular formula is C28H29ClN2O3S. The third kappa shape index (κ3) is 6.13. The largest absolute Gasteiger partial charge is 0.348 e. The highest BCUT2D eigenvalue weighted by Crippen LogP contribution is 2.30. The Kier molecular flexibility index (Phi) is 7.93. The van der Waals surface area contributed by atoms with E-state index in [-0.39, 0.29) is 17.3 Å². The first-order valence-corrected chi connectivity index (χ1v) is 13.6. The van der Waals surface area contributed by atoms with Crippen LogP contribution in [-0.4, -0.2) is 20.9 Å². The predicted octanol–water partition coefficient (Wildman–Crippen LogP) is 6.27. The van der Waals surface area contributed by atoms with Crippen molar-refractivity contribution in [1.82, 2.24) is 5.32 Å². The number of hydrogen-bond donors (Lipinski definition) is 1. The van der Waals surface area contributed by atoms with Crippen molar-refractivity contribution >= 4 is 33.2 Å². The van der Waals surface area contributed by atoms with E-state index in [1.807, 2.05) is 6.92 Å². The average molecular weight is 509 g/mol. The van der Waals surface area contributed by atoms with Crippen molar-refractivity contribution in [3.63, 3.8) is 0 Å². The molecule has 3 aromatic rings. The molecule has 0 saturated heterocycles. The molecule has 4 rings (SSSR count). The van der Waals surface area contributed by atoms with E-state index in [2.05, 4.69) is 11.4 Å². The molecule has 182 valence electrons. The van der Waals surface area contributed by atoms with E-state index in [0.717, 1.165) is 30.4 Å². The molecule has 0 saturated carbocycles. The van der Waals surface area contributed by atoms with E-state index in [9.17, 15) is 13.2 Å². The summed E-state index contributed by atoms with van der Waals surface area (Å²) in [5.41, 5.74) is 3.58. The van der Waals surface area contributed by atoms with Gasteiger partial charge in [0.1, 0.15) is 0 Å². The maximum Gasteiger partial charge on any atom is 0.264 e. The van der Waals surface area contributed by atoms with Crippen molar-refractivity contribution in [3.05, 3.63) is 106 Å². The van der Waals surface area contributed by atoms with Crippen LogP contribution in [0.5, 0.6) is 0 Å². The van der Waals surface area contributed by atoms with Crippen LogP contribution in [0.2, 0.25) is 5.02 Å². The summed E-state index contributed by atoms with van der Waals surface area (Å²) in [6, 6.07) is 20.6. The first kappa shape index (κ1) is 25.0. The summed E-state index contributed by atoms with van der Waals surface area (Å²) in [4.78, 5) is 13.4. The number of carbonyl (C=O) groups excluding carboxylic acids is 1. The van der Waals surface area contributed by atoms with Gasteiger partial charge in [0.25, 0.3) is 15.9 Å². The van der Waals surface area contributed by atoms with Crippen LogP contribution in [0.3, 0.4) is 0 Å². The second-order valence-electron chi connectivity index (χ2n) is 8.76. The van der Waals surface area contributed by atoms with E-state index >= 15 is 0 Å². The van der Waals surface area contributed by atoms with E-state index < -0.39 is 10.0 Å². The van der Waals surface area contributed by atoms with Crippen LogP contribution in [-0.2, 0) is 16.6 Å². The van der Waals surface area contributed by atoms with Crippen molar-refractivity contribution in [2.75, 3.05) is 10.8 Å². The van der Waals surface area contributed by atoms with Gasteiger partial charge in [0.2, 0.25) is 0 Å². The molecule has 0 heterocycles. The third-order valence-corrected chi connectivity index (χ3v) is 8.15. The lowest BCUT2D eigenvalue weighted by atomic mass is 9.99. The third-order valence-electron chi connectivity index (χ3n) is 6.13. The number of amides is 1. The SMILES string of the molecule is Cc1ccc(S(=O)(=O)N(Cc2ccc(Cl)cc2)c2ccccc2C(=O)NCC2=CCCCC2)cc1. The van der Waals surface area contributed by atoms with Gasteiger partial charge < -0.3 is 5.32 Å². The van der Waals surface area contributed by atoms with Gasteiger partial charge in [-0.1, -0.05) is 65.2 Å². The Labute approximate surface area is 212 Å². The number of aryl methyl sites for hydroxylation is 1. The summed E-state index contributed by atoms with van der Waals surface area (Å²) in [6.07, 6.45) is 6.50. The molecule has 0 atom stereocenters. The molecule has 0 aromatic heterocycles. The highest BCUT2D eigenvalue weighted by atomic mass is 35.5. The maximum atomic E-state index is 13.9. The fourth-order valence-corrected chi connectivity index (χ4v) is 5.73. The fourth-order valence-electron chi connectivity index (χ4n) is 4.13. The van der Waals surface area contributed by atoms with Gasteiger partial charge in [-0.2, -0.15) is 0 Å². The van der Waals surface area contributed by atoms with Gasteiger partial charge in [0.15, 0.2) is 0 Å². The number of para-hydroxylation sites is 1. The smallest absolute Gasteiger partial charge is 0.264 e. The highest BCUT2D eigenvalue weighted by molar-refractivity contribution is 7.92. The molecule has 0 aliphatic heterocycles. The molecule has 1 aliphatic rings. The number of nitrogens with zero attached hydrogens (tertiary/aromatic N) is 1. The topological polar surface area (TPSA) is 66.5 Å². The van der Waals surface area contributed by atoms with Gasteiger partial charge >= 0.3 is 0 Å². The molecule has 35 heavy (non-hydrogen) atoms. The molecule has 0 fully saturated rings. The molecule has 5 nitrogen and oxygen atoms in total. The van der Waals surface area contributed by atoms with E-state index in [0.29, 0.717) is 22.8 Å². The molecule has 0 radical (unpaired) electrons. The minimum Gasteiger partial charge on any atom is -0.348 e. The molecule has 0 spiro atoms. The average Bonchev–Trinajstić information content (AvgIpc) is 2.88. The molecule has 0 unspecified atom stereocenters. The van der Waals surface area contributed by atoms with Gasteiger partial charge in [0.05, 0.1) is 22.7 Å². The Morgan fingerprint density at radius 2 is 1.69 bits per heavy atom. The summed E-state index contributed by atoms with van der Waals surface area (Å²) < 4.78 is 29.0. The van der Waals surface area contributed by atoms with Crippen LogP contribution in [0.25, 0.3) is 0 Å². The van der Waals surface area contributed by atoms with Gasteiger partial charge in [-0.05, 0) is 74.6 Å². The van der Waals surface area contributed by atoms with Crippen LogP contribution < -0.4 is 9.62 Å². The van der Waals surface area contributed by atoms with Gasteiger partial charge in [0, 0.05) is 11.6 Å². The number of carbonyl (C=O) groups is 1. The molecular weight excluding hydrogens is 480 g/mol. The number of nitrogens with one attached hydrogen (secondary N) is 1. The summed E-state index contributed by atoms with van der Waals surface area (Å²) in [6.45, 7) is 2.43. The number of benzene rings is 3. The molecule has 0 bridgehead atoms. The normalized spacial score (nSPS) is 13.7. The van der Waals surface area contributed by atoms with E-state index in [1.54, 1.807) is 72.8 Å². The summed E-state index contributed by atoms with van der Waals surface area (Å²) in [5, 5.41) is 3.56. The Balaban J connectivity index is 1.71. The number of hydrogen-bond acceptors (Lipinski definition) is 3. The maximum absolute atomic E-state index is 13.9. The molecule has 3 aromatic carbocycles. The fraction of sp³-hybridized carbons (Fsp3) is 0.250. The zero-order chi connectivity index (χ0) is 24.8. The van der Waals surface area contributed by atoms with E-state index in [1.165, 1.54) is 16.3 Å². The molecule has 1 aliphatic carbocycles. The van der Waals surface area contributed by atoms with Crippen LogP contribution >= 0.6 is 11.6 Å². The minimum atomic E-state index is -3.96. The minimum absolute atomic E-state index is 0.0584. The Hall–Kier alpha value is -3.09. The summed E-state index contributed by atoms with van der Waals surface area (Å²) in [5.74, 6) is -0.299.